The number of nitrogens with one attached hydrogen (secondary N) is 3. The van der Waals surface area contributed by atoms with Gasteiger partial charge in [-0.3, -0.25) is 4.79 Å². The van der Waals surface area contributed by atoms with Crippen LogP contribution >= 0.6 is 11.3 Å². The van der Waals surface area contributed by atoms with Crippen LogP contribution in [0, 0.1) is 5.82 Å². The summed E-state index contributed by atoms with van der Waals surface area (Å²) in [5.74, 6) is -0.676. The van der Waals surface area contributed by atoms with Gasteiger partial charge in [0, 0.05) is 30.1 Å². The van der Waals surface area contributed by atoms with Gasteiger partial charge in [0.15, 0.2) is 0 Å². The highest BCUT2D eigenvalue weighted by Gasteiger charge is 2.21. The van der Waals surface area contributed by atoms with E-state index in [9.17, 15) is 19.1 Å². The molecule has 3 aromatic rings. The molecule has 0 unspecified atom stereocenters. The van der Waals surface area contributed by atoms with E-state index in [0.717, 1.165) is 5.69 Å². The van der Waals surface area contributed by atoms with Gasteiger partial charge in [-0.15, -0.1) is 11.3 Å². The molecule has 204 valence electrons. The van der Waals surface area contributed by atoms with Gasteiger partial charge in [-0.1, -0.05) is 18.2 Å². The summed E-state index contributed by atoms with van der Waals surface area (Å²) >= 11 is 1.18. The van der Waals surface area contributed by atoms with Crippen molar-refractivity contribution in [3.8, 4) is 10.4 Å². The SMILES string of the molecule is CC(C)(C)OC(=O)NCCNCc1cccc(Nc2sc(-c3ccc(C(C)(C)O)cc3F)cc2C(N)=O)n1. The summed E-state index contributed by atoms with van der Waals surface area (Å²) in [6.45, 7) is 9.91. The molecule has 9 nitrogen and oxygen atoms in total. The molecule has 0 aliphatic heterocycles. The Balaban J connectivity index is 1.66. The zero-order valence-electron chi connectivity index (χ0n) is 22.1. The Labute approximate surface area is 225 Å². The molecule has 6 N–H and O–H groups in total. The number of aliphatic hydroxyl groups is 1. The van der Waals surface area contributed by atoms with E-state index in [1.54, 1.807) is 58.9 Å². The molecule has 2 heterocycles. The molecule has 0 atom stereocenters. The normalized spacial score (nSPS) is 11.8. The average molecular weight is 544 g/mol. The fourth-order valence-corrected chi connectivity index (χ4v) is 4.54. The lowest BCUT2D eigenvalue weighted by Crippen LogP contribution is -2.36. The Morgan fingerprint density at radius 1 is 1.11 bits per heavy atom. The van der Waals surface area contributed by atoms with Crippen molar-refractivity contribution >= 4 is 34.2 Å². The largest absolute Gasteiger partial charge is 0.444 e. The maximum atomic E-state index is 14.9. The van der Waals surface area contributed by atoms with Crippen molar-refractivity contribution < 1.29 is 23.8 Å². The predicted octanol–water partition coefficient (Wildman–Crippen LogP) is 4.63. The second-order valence-corrected chi connectivity index (χ2v) is 11.3. The number of halogens is 1. The van der Waals surface area contributed by atoms with E-state index in [4.69, 9.17) is 10.5 Å². The number of primary amides is 1. The number of alkyl carbamates (subject to hydrolysis) is 1. The predicted molar refractivity (Wildman–Crippen MR) is 147 cm³/mol. The van der Waals surface area contributed by atoms with Crippen LogP contribution < -0.4 is 21.7 Å². The fraction of sp³-hybridized carbons (Fsp3) is 0.370. The monoisotopic (exact) mass is 543 g/mol. The third-order valence-electron chi connectivity index (χ3n) is 5.26. The highest BCUT2D eigenvalue weighted by Crippen LogP contribution is 2.38. The van der Waals surface area contributed by atoms with E-state index in [2.05, 4.69) is 20.9 Å². The second-order valence-electron chi connectivity index (χ2n) is 10.2. The number of amides is 2. The van der Waals surface area contributed by atoms with Gasteiger partial charge in [0.25, 0.3) is 5.91 Å². The lowest BCUT2D eigenvalue weighted by Gasteiger charge is -2.19. The number of rotatable bonds is 10. The van der Waals surface area contributed by atoms with Crippen LogP contribution in [0.4, 0.5) is 20.0 Å². The van der Waals surface area contributed by atoms with Crippen LogP contribution in [0.2, 0.25) is 0 Å². The number of benzene rings is 1. The number of carbonyl (C=O) groups excluding carboxylic acids is 2. The molecule has 0 aliphatic carbocycles. The summed E-state index contributed by atoms with van der Waals surface area (Å²) in [4.78, 5) is 28.9. The van der Waals surface area contributed by atoms with Crippen molar-refractivity contribution in [2.75, 3.05) is 18.4 Å². The second kappa shape index (κ2) is 11.9. The van der Waals surface area contributed by atoms with E-state index in [0.29, 0.717) is 46.5 Å². The number of aromatic nitrogens is 1. The Bertz CT molecular complexity index is 1300. The number of ether oxygens (including phenoxy) is 1. The summed E-state index contributed by atoms with van der Waals surface area (Å²) in [7, 11) is 0. The zero-order valence-corrected chi connectivity index (χ0v) is 23.0. The average Bonchev–Trinajstić information content (AvgIpc) is 3.21. The molecule has 2 amide bonds. The number of hydrogen-bond donors (Lipinski definition) is 5. The van der Waals surface area contributed by atoms with Crippen LogP contribution in [-0.4, -0.2) is 40.8 Å². The Morgan fingerprint density at radius 2 is 1.84 bits per heavy atom. The summed E-state index contributed by atoms with van der Waals surface area (Å²) < 4.78 is 20.1. The first kappa shape index (κ1) is 29.0. The van der Waals surface area contributed by atoms with Crippen molar-refractivity contribution in [3.05, 3.63) is 65.1 Å². The van der Waals surface area contributed by atoms with E-state index in [1.165, 1.54) is 17.4 Å². The first-order valence-corrected chi connectivity index (χ1v) is 12.9. The Kier molecular flexibility index (Phi) is 9.08. The number of nitrogens with two attached hydrogens (primary N) is 1. The summed E-state index contributed by atoms with van der Waals surface area (Å²) in [6.07, 6.45) is -0.475. The van der Waals surface area contributed by atoms with Crippen molar-refractivity contribution in [3.63, 3.8) is 0 Å². The molecule has 11 heteroatoms. The standard InChI is InChI=1S/C27H34FN5O4S/c1-26(2,3)37-25(35)31-12-11-30-15-17-7-6-8-22(32-17)33-24-19(23(29)34)14-21(38-24)18-10-9-16(13-20(18)28)27(4,5)36/h6-10,13-14,30,36H,11-12,15H2,1-5H3,(H2,29,34)(H,31,35)(H,32,33). The highest BCUT2D eigenvalue weighted by atomic mass is 32.1. The molecule has 1 aromatic carbocycles. The van der Waals surface area contributed by atoms with Gasteiger partial charge < -0.3 is 31.5 Å². The fourth-order valence-electron chi connectivity index (χ4n) is 3.44. The van der Waals surface area contributed by atoms with E-state index >= 15 is 0 Å². The van der Waals surface area contributed by atoms with Crippen molar-refractivity contribution in [1.82, 2.24) is 15.6 Å². The lowest BCUT2D eigenvalue weighted by atomic mass is 9.96. The summed E-state index contributed by atoms with van der Waals surface area (Å²) in [5, 5.41) is 19.6. The first-order valence-electron chi connectivity index (χ1n) is 12.1. The molecule has 2 aromatic heterocycles. The van der Waals surface area contributed by atoms with E-state index in [1.807, 2.05) is 12.1 Å². The van der Waals surface area contributed by atoms with Gasteiger partial charge >= 0.3 is 6.09 Å². The maximum absolute atomic E-state index is 14.9. The van der Waals surface area contributed by atoms with Gasteiger partial charge in [-0.2, -0.15) is 0 Å². The van der Waals surface area contributed by atoms with Crippen LogP contribution in [0.25, 0.3) is 10.4 Å². The number of thiophene rings is 1. The van der Waals surface area contributed by atoms with Crippen molar-refractivity contribution in [1.29, 1.82) is 0 Å². The molecular weight excluding hydrogens is 509 g/mol. The number of pyridine rings is 1. The molecule has 0 spiro atoms. The van der Waals surface area contributed by atoms with Gasteiger partial charge in [-0.05, 0) is 64.4 Å². The van der Waals surface area contributed by atoms with Crippen molar-refractivity contribution in [2.24, 2.45) is 5.73 Å². The zero-order chi connectivity index (χ0) is 28.1. The van der Waals surface area contributed by atoms with Gasteiger partial charge in [-0.25, -0.2) is 14.2 Å². The quantitative estimate of drug-likeness (QED) is 0.235. The molecule has 3 rings (SSSR count). The van der Waals surface area contributed by atoms with Gasteiger partial charge in [0.2, 0.25) is 0 Å². The Hall–Kier alpha value is -3.54. The minimum atomic E-state index is -1.18. The molecular formula is C27H34FN5O4S. The minimum absolute atomic E-state index is 0.217. The highest BCUT2D eigenvalue weighted by molar-refractivity contribution is 7.19. The molecule has 0 aliphatic rings. The van der Waals surface area contributed by atoms with Crippen LogP contribution in [0.1, 0.15) is 56.2 Å². The number of carbonyl (C=O) groups is 2. The Morgan fingerprint density at radius 3 is 2.47 bits per heavy atom. The molecule has 0 radical (unpaired) electrons. The molecule has 0 fully saturated rings. The van der Waals surface area contributed by atoms with E-state index in [-0.39, 0.29) is 5.56 Å². The van der Waals surface area contributed by atoms with Crippen LogP contribution in [-0.2, 0) is 16.9 Å². The molecule has 0 saturated carbocycles. The van der Waals surface area contributed by atoms with E-state index < -0.39 is 29.0 Å². The third-order valence-corrected chi connectivity index (χ3v) is 6.35. The summed E-state index contributed by atoms with van der Waals surface area (Å²) in [5.41, 5.74) is 5.55. The molecule has 38 heavy (non-hydrogen) atoms. The summed E-state index contributed by atoms with van der Waals surface area (Å²) in [6, 6.07) is 11.5. The number of anilines is 2. The van der Waals surface area contributed by atoms with Gasteiger partial charge in [0.05, 0.1) is 16.9 Å². The minimum Gasteiger partial charge on any atom is -0.444 e. The molecule has 0 saturated heterocycles. The number of nitrogens with zero attached hydrogens (tertiary/aromatic N) is 1. The van der Waals surface area contributed by atoms with Crippen LogP contribution in [0.3, 0.4) is 0 Å². The third kappa shape index (κ3) is 8.23. The first-order chi connectivity index (χ1) is 17.7. The number of hydrogen-bond acceptors (Lipinski definition) is 8. The van der Waals surface area contributed by atoms with Crippen LogP contribution in [0.15, 0.2) is 42.5 Å². The topological polar surface area (TPSA) is 139 Å². The van der Waals surface area contributed by atoms with Crippen LogP contribution in [0.5, 0.6) is 0 Å². The smallest absolute Gasteiger partial charge is 0.407 e. The maximum Gasteiger partial charge on any atom is 0.407 e. The van der Waals surface area contributed by atoms with Crippen molar-refractivity contribution in [2.45, 2.75) is 52.4 Å². The molecule has 0 bridgehead atoms. The van der Waals surface area contributed by atoms with Gasteiger partial charge in [0.1, 0.15) is 22.2 Å². The lowest BCUT2D eigenvalue weighted by molar-refractivity contribution is 0.0528.